The van der Waals surface area contributed by atoms with Crippen molar-refractivity contribution in [3.63, 3.8) is 0 Å². The number of hydrogen-bond acceptors (Lipinski definition) is 6. The van der Waals surface area contributed by atoms with Crippen molar-refractivity contribution >= 4 is 17.9 Å². The van der Waals surface area contributed by atoms with E-state index in [1.54, 1.807) is 0 Å². The summed E-state index contributed by atoms with van der Waals surface area (Å²) < 4.78 is 16.8. The van der Waals surface area contributed by atoms with Crippen LogP contribution in [0, 0.1) is 0 Å². The predicted molar refractivity (Wildman–Crippen MR) is 307 cm³/mol. The molecule has 0 spiro atoms. The van der Waals surface area contributed by atoms with Crippen LogP contribution in [0.3, 0.4) is 0 Å². The number of carbonyl (C=O) groups excluding carboxylic acids is 3. The highest BCUT2D eigenvalue weighted by Crippen LogP contribution is 2.16. The van der Waals surface area contributed by atoms with Crippen LogP contribution in [0.25, 0.3) is 0 Å². The lowest BCUT2D eigenvalue weighted by molar-refractivity contribution is -0.167. The van der Waals surface area contributed by atoms with E-state index in [1.165, 1.54) is 141 Å². The number of esters is 3. The molecule has 408 valence electrons. The highest BCUT2D eigenvalue weighted by Gasteiger charge is 2.19. The Balaban J connectivity index is 4.25. The van der Waals surface area contributed by atoms with Crippen LogP contribution >= 0.6 is 0 Å². The minimum atomic E-state index is -0.782. The van der Waals surface area contributed by atoms with E-state index in [0.29, 0.717) is 19.3 Å². The molecule has 6 heteroatoms. The van der Waals surface area contributed by atoms with Gasteiger partial charge in [0, 0.05) is 19.3 Å². The van der Waals surface area contributed by atoms with Crippen molar-refractivity contribution < 1.29 is 28.6 Å². The standard InChI is InChI=1S/C65H112O6/c1-4-7-10-13-16-19-21-23-25-27-29-30-31-32-33-34-36-37-39-41-43-46-49-52-55-58-64(67)70-61-62(60-69-63(66)57-54-51-48-45-18-15-12-9-6-3)71-65(68)59-56-53-50-47-44-42-40-38-35-28-26-24-22-20-17-14-11-8-5-2/h7,10,16-17,19-20,23-26,29-30,35,38,62H,4-6,8-9,11-15,18,21-22,27-28,31-34,36-37,39-61H2,1-3H3/b10-7-,19-16-,20-17-,25-23-,26-24-,30-29-,38-35-. The predicted octanol–water partition coefficient (Wildman–Crippen LogP) is 20.3. The number of allylic oxidation sites excluding steroid dienone is 14. The molecule has 0 heterocycles. The first-order chi connectivity index (χ1) is 35.0. The van der Waals surface area contributed by atoms with Gasteiger partial charge in [0.1, 0.15) is 13.2 Å². The molecule has 0 radical (unpaired) electrons. The summed E-state index contributed by atoms with van der Waals surface area (Å²) in [6.45, 7) is 6.49. The summed E-state index contributed by atoms with van der Waals surface area (Å²) in [4.78, 5) is 38.1. The van der Waals surface area contributed by atoms with Crippen LogP contribution in [-0.4, -0.2) is 37.2 Å². The molecule has 0 aromatic heterocycles. The quantitative estimate of drug-likeness (QED) is 0.0261. The molecule has 0 aromatic rings. The molecule has 0 N–H and O–H groups in total. The maximum atomic E-state index is 12.9. The number of carbonyl (C=O) groups is 3. The van der Waals surface area contributed by atoms with Gasteiger partial charge in [0.2, 0.25) is 0 Å². The van der Waals surface area contributed by atoms with E-state index in [9.17, 15) is 14.4 Å². The zero-order valence-corrected chi connectivity index (χ0v) is 46.7. The second-order valence-corrected chi connectivity index (χ2v) is 19.9. The van der Waals surface area contributed by atoms with E-state index in [2.05, 4.69) is 106 Å². The maximum absolute atomic E-state index is 12.9. The van der Waals surface area contributed by atoms with Gasteiger partial charge in [-0.1, -0.05) is 260 Å². The minimum absolute atomic E-state index is 0.0801. The zero-order chi connectivity index (χ0) is 51.4. The lowest BCUT2D eigenvalue weighted by atomic mass is 10.0. The highest BCUT2D eigenvalue weighted by molar-refractivity contribution is 5.71. The van der Waals surface area contributed by atoms with E-state index in [1.807, 2.05) is 0 Å². The van der Waals surface area contributed by atoms with Crippen molar-refractivity contribution in [2.45, 2.75) is 297 Å². The van der Waals surface area contributed by atoms with Crippen LogP contribution in [-0.2, 0) is 28.6 Å². The van der Waals surface area contributed by atoms with Crippen molar-refractivity contribution in [2.75, 3.05) is 13.2 Å². The van der Waals surface area contributed by atoms with Gasteiger partial charge in [-0.3, -0.25) is 14.4 Å². The number of rotatable bonds is 54. The largest absolute Gasteiger partial charge is 0.462 e. The number of hydrogen-bond donors (Lipinski definition) is 0. The van der Waals surface area contributed by atoms with Crippen LogP contribution in [0.4, 0.5) is 0 Å². The normalized spacial score (nSPS) is 12.7. The molecule has 0 amide bonds. The lowest BCUT2D eigenvalue weighted by Crippen LogP contribution is -2.30. The molecule has 0 aromatic carbocycles. The highest BCUT2D eigenvalue weighted by atomic mass is 16.6. The molecular weight excluding hydrogens is 877 g/mol. The fourth-order valence-corrected chi connectivity index (χ4v) is 8.38. The maximum Gasteiger partial charge on any atom is 0.306 e. The van der Waals surface area contributed by atoms with Gasteiger partial charge in [-0.2, -0.15) is 0 Å². The van der Waals surface area contributed by atoms with Crippen molar-refractivity contribution in [1.82, 2.24) is 0 Å². The van der Waals surface area contributed by atoms with Crippen LogP contribution in [0.2, 0.25) is 0 Å². The van der Waals surface area contributed by atoms with Gasteiger partial charge < -0.3 is 14.2 Å². The molecule has 0 aliphatic heterocycles. The molecule has 0 saturated heterocycles. The second-order valence-electron chi connectivity index (χ2n) is 19.9. The Morgan fingerprint density at radius 1 is 0.296 bits per heavy atom. The molecule has 1 unspecified atom stereocenters. The molecule has 0 rings (SSSR count). The van der Waals surface area contributed by atoms with Crippen molar-refractivity contribution in [1.29, 1.82) is 0 Å². The molecular formula is C65H112O6. The minimum Gasteiger partial charge on any atom is -0.462 e. The Bertz CT molecular complexity index is 1370. The molecule has 0 fully saturated rings. The third kappa shape index (κ3) is 57.4. The zero-order valence-electron chi connectivity index (χ0n) is 46.7. The van der Waals surface area contributed by atoms with Crippen LogP contribution in [0.15, 0.2) is 85.1 Å². The van der Waals surface area contributed by atoms with Gasteiger partial charge in [0.25, 0.3) is 0 Å². The van der Waals surface area contributed by atoms with Crippen molar-refractivity contribution in [3.05, 3.63) is 85.1 Å². The second kappa shape index (κ2) is 59.2. The Labute approximate surface area is 439 Å². The third-order valence-electron chi connectivity index (χ3n) is 12.9. The van der Waals surface area contributed by atoms with Crippen molar-refractivity contribution in [3.8, 4) is 0 Å². The van der Waals surface area contributed by atoms with Crippen molar-refractivity contribution in [2.24, 2.45) is 0 Å². The van der Waals surface area contributed by atoms with E-state index >= 15 is 0 Å². The topological polar surface area (TPSA) is 78.9 Å². The monoisotopic (exact) mass is 989 g/mol. The number of unbranched alkanes of at least 4 members (excludes halogenated alkanes) is 29. The number of ether oxygens (including phenoxy) is 3. The molecule has 0 bridgehead atoms. The van der Waals surface area contributed by atoms with E-state index in [-0.39, 0.29) is 31.1 Å². The average Bonchev–Trinajstić information content (AvgIpc) is 3.37. The Morgan fingerprint density at radius 3 is 0.887 bits per heavy atom. The fourth-order valence-electron chi connectivity index (χ4n) is 8.38. The summed E-state index contributed by atoms with van der Waals surface area (Å²) in [5.74, 6) is -0.890. The van der Waals surface area contributed by atoms with Crippen LogP contribution in [0.5, 0.6) is 0 Å². The Morgan fingerprint density at radius 2 is 0.549 bits per heavy atom. The summed E-state index contributed by atoms with van der Waals surface area (Å²) in [6, 6.07) is 0. The summed E-state index contributed by atoms with van der Waals surface area (Å²) in [5.41, 5.74) is 0. The van der Waals surface area contributed by atoms with Crippen LogP contribution in [0.1, 0.15) is 290 Å². The molecule has 71 heavy (non-hydrogen) atoms. The van der Waals surface area contributed by atoms with Gasteiger partial charge in [-0.15, -0.1) is 0 Å². The Hall–Kier alpha value is -3.41. The summed E-state index contributed by atoms with van der Waals surface area (Å²) >= 11 is 0. The SMILES string of the molecule is CC/C=C\C/C=C\C/C=C\C/C=C\CCCCCCCCCCCCCCC(=O)OCC(COC(=O)CCCCCCCCCCC)OC(=O)CCCCCCCC/C=C\C/C=C\C/C=C\CCCCC. The Kier molecular flexibility index (Phi) is 56.3. The van der Waals surface area contributed by atoms with E-state index in [0.717, 1.165) is 109 Å². The van der Waals surface area contributed by atoms with E-state index in [4.69, 9.17) is 14.2 Å². The lowest BCUT2D eigenvalue weighted by Gasteiger charge is -2.18. The van der Waals surface area contributed by atoms with Gasteiger partial charge >= 0.3 is 17.9 Å². The average molecular weight is 990 g/mol. The van der Waals surface area contributed by atoms with Crippen LogP contribution < -0.4 is 0 Å². The van der Waals surface area contributed by atoms with E-state index < -0.39 is 6.10 Å². The summed E-state index contributed by atoms with van der Waals surface area (Å²) in [7, 11) is 0. The summed E-state index contributed by atoms with van der Waals surface area (Å²) in [6.07, 6.45) is 77.3. The van der Waals surface area contributed by atoms with Gasteiger partial charge in [-0.05, 0) is 96.3 Å². The first kappa shape index (κ1) is 67.6. The fraction of sp³-hybridized carbons (Fsp3) is 0.738. The first-order valence-corrected chi connectivity index (χ1v) is 30.1. The molecule has 0 aliphatic rings. The molecule has 0 saturated carbocycles. The molecule has 6 nitrogen and oxygen atoms in total. The smallest absolute Gasteiger partial charge is 0.306 e. The summed E-state index contributed by atoms with van der Waals surface area (Å²) in [5, 5.41) is 0. The molecule has 0 aliphatic carbocycles. The van der Waals surface area contributed by atoms with Gasteiger partial charge in [0.05, 0.1) is 0 Å². The third-order valence-corrected chi connectivity index (χ3v) is 12.9. The first-order valence-electron chi connectivity index (χ1n) is 30.1. The van der Waals surface area contributed by atoms with Gasteiger partial charge in [0.15, 0.2) is 6.10 Å². The van der Waals surface area contributed by atoms with Gasteiger partial charge in [-0.25, -0.2) is 0 Å². The molecule has 1 atom stereocenters.